The van der Waals surface area contributed by atoms with Gasteiger partial charge >= 0.3 is 0 Å². The Hall–Kier alpha value is -2.81. The van der Waals surface area contributed by atoms with Crippen molar-refractivity contribution < 1.29 is 13.9 Å². The van der Waals surface area contributed by atoms with Gasteiger partial charge in [-0.2, -0.15) is 0 Å². The van der Waals surface area contributed by atoms with E-state index in [9.17, 15) is 9.18 Å². The Morgan fingerprint density at radius 2 is 1.90 bits per heavy atom. The molecule has 0 bridgehead atoms. The molecule has 0 atom stereocenters. The summed E-state index contributed by atoms with van der Waals surface area (Å²) >= 11 is 1.64. The van der Waals surface area contributed by atoms with Crippen LogP contribution >= 0.6 is 11.3 Å². The van der Waals surface area contributed by atoms with Gasteiger partial charge in [0.25, 0.3) is 0 Å². The van der Waals surface area contributed by atoms with Gasteiger partial charge < -0.3 is 10.1 Å². The predicted molar refractivity (Wildman–Crippen MR) is 121 cm³/mol. The van der Waals surface area contributed by atoms with Gasteiger partial charge in [0.05, 0.1) is 19.3 Å². The summed E-state index contributed by atoms with van der Waals surface area (Å²) in [6.45, 7) is 4.47. The van der Waals surface area contributed by atoms with E-state index in [4.69, 9.17) is 9.72 Å². The second kappa shape index (κ2) is 10.00. The fourth-order valence-electron chi connectivity index (χ4n) is 3.57. The van der Waals surface area contributed by atoms with Crippen LogP contribution in [-0.4, -0.2) is 60.5 Å². The molecule has 4 rings (SSSR count). The Morgan fingerprint density at radius 3 is 2.68 bits per heavy atom. The van der Waals surface area contributed by atoms with Crippen molar-refractivity contribution in [1.82, 2.24) is 14.8 Å². The first kappa shape index (κ1) is 21.4. The van der Waals surface area contributed by atoms with Crippen molar-refractivity contribution in [3.05, 3.63) is 65.4 Å². The highest BCUT2D eigenvalue weighted by molar-refractivity contribution is 7.13. The van der Waals surface area contributed by atoms with Gasteiger partial charge in [-0.25, -0.2) is 9.37 Å². The van der Waals surface area contributed by atoms with Gasteiger partial charge in [0.1, 0.15) is 16.6 Å². The van der Waals surface area contributed by atoms with Crippen LogP contribution in [-0.2, 0) is 11.3 Å². The Balaban J connectivity index is 1.25. The van der Waals surface area contributed by atoms with Crippen molar-refractivity contribution in [2.45, 2.75) is 6.54 Å². The van der Waals surface area contributed by atoms with Crippen LogP contribution in [0.5, 0.6) is 5.75 Å². The average molecular weight is 441 g/mol. The minimum absolute atomic E-state index is 0.124. The van der Waals surface area contributed by atoms with E-state index in [0.29, 0.717) is 12.2 Å². The lowest BCUT2D eigenvalue weighted by molar-refractivity contribution is -0.117. The van der Waals surface area contributed by atoms with Crippen molar-refractivity contribution in [2.24, 2.45) is 0 Å². The van der Waals surface area contributed by atoms with E-state index < -0.39 is 0 Å². The SMILES string of the molecule is COc1cccc(-c2nc(CN3CCN(CC(=O)Nc4cccc(F)c4)CC3)cs2)c1. The zero-order valence-electron chi connectivity index (χ0n) is 17.4. The molecule has 0 aliphatic carbocycles. The van der Waals surface area contributed by atoms with Crippen molar-refractivity contribution >= 4 is 22.9 Å². The molecule has 1 aromatic heterocycles. The molecule has 2 heterocycles. The summed E-state index contributed by atoms with van der Waals surface area (Å²) in [5.41, 5.74) is 2.60. The molecule has 0 saturated carbocycles. The number of methoxy groups -OCH3 is 1. The number of hydrogen-bond acceptors (Lipinski definition) is 6. The number of aromatic nitrogens is 1. The first-order valence-corrected chi connectivity index (χ1v) is 11.1. The summed E-state index contributed by atoms with van der Waals surface area (Å²) in [5.74, 6) is 0.344. The van der Waals surface area contributed by atoms with Crippen molar-refractivity contribution in [1.29, 1.82) is 0 Å². The topological polar surface area (TPSA) is 57.7 Å². The van der Waals surface area contributed by atoms with Gasteiger partial charge in [-0.05, 0) is 30.3 Å². The van der Waals surface area contributed by atoms with Gasteiger partial charge in [-0.15, -0.1) is 11.3 Å². The third kappa shape index (κ3) is 5.88. The highest BCUT2D eigenvalue weighted by atomic mass is 32.1. The molecule has 1 aliphatic heterocycles. The lowest BCUT2D eigenvalue weighted by Crippen LogP contribution is -2.48. The number of benzene rings is 2. The molecule has 0 spiro atoms. The molecule has 0 unspecified atom stereocenters. The maximum atomic E-state index is 13.3. The van der Waals surface area contributed by atoms with Crippen LogP contribution in [0.4, 0.5) is 10.1 Å². The van der Waals surface area contributed by atoms with Gasteiger partial charge in [0.2, 0.25) is 5.91 Å². The molecule has 162 valence electrons. The van der Waals surface area contributed by atoms with Crippen LogP contribution in [0.15, 0.2) is 53.9 Å². The first-order valence-electron chi connectivity index (χ1n) is 10.2. The normalized spacial score (nSPS) is 15.0. The lowest BCUT2D eigenvalue weighted by Gasteiger charge is -2.33. The Bertz CT molecular complexity index is 1030. The number of rotatable bonds is 7. The smallest absolute Gasteiger partial charge is 0.238 e. The molecule has 1 aliphatic rings. The van der Waals surface area contributed by atoms with E-state index in [-0.39, 0.29) is 11.7 Å². The fourth-order valence-corrected chi connectivity index (χ4v) is 4.38. The van der Waals surface area contributed by atoms with Crippen LogP contribution in [0.1, 0.15) is 5.69 Å². The molecular formula is C23H25FN4O2S. The molecule has 0 radical (unpaired) electrons. The van der Waals surface area contributed by atoms with Crippen molar-refractivity contribution in [3.63, 3.8) is 0 Å². The molecule has 1 saturated heterocycles. The van der Waals surface area contributed by atoms with Crippen LogP contribution < -0.4 is 10.1 Å². The Kier molecular flexibility index (Phi) is 6.91. The van der Waals surface area contributed by atoms with E-state index in [1.165, 1.54) is 12.1 Å². The largest absolute Gasteiger partial charge is 0.497 e. The number of carbonyl (C=O) groups excluding carboxylic acids is 1. The Labute approximate surface area is 185 Å². The van der Waals surface area contributed by atoms with Crippen LogP contribution in [0.3, 0.4) is 0 Å². The van der Waals surface area contributed by atoms with E-state index in [2.05, 4.69) is 20.5 Å². The van der Waals surface area contributed by atoms with Crippen molar-refractivity contribution in [3.8, 4) is 16.3 Å². The van der Waals surface area contributed by atoms with Gasteiger partial charge in [0.15, 0.2) is 0 Å². The van der Waals surface area contributed by atoms with E-state index in [1.807, 2.05) is 24.3 Å². The molecule has 1 N–H and O–H groups in total. The second-order valence-corrected chi connectivity index (χ2v) is 8.34. The molecule has 6 nitrogen and oxygen atoms in total. The summed E-state index contributed by atoms with van der Waals surface area (Å²) in [4.78, 5) is 21.5. The highest BCUT2D eigenvalue weighted by Crippen LogP contribution is 2.27. The monoisotopic (exact) mass is 440 g/mol. The van der Waals surface area contributed by atoms with Crippen LogP contribution in [0.2, 0.25) is 0 Å². The molecule has 1 amide bonds. The maximum Gasteiger partial charge on any atom is 0.238 e. The maximum absolute atomic E-state index is 13.3. The molecule has 31 heavy (non-hydrogen) atoms. The molecular weight excluding hydrogens is 415 g/mol. The number of amides is 1. The lowest BCUT2D eigenvalue weighted by atomic mass is 10.2. The minimum atomic E-state index is -0.358. The number of ether oxygens (including phenoxy) is 1. The van der Waals surface area contributed by atoms with Crippen LogP contribution in [0.25, 0.3) is 10.6 Å². The summed E-state index contributed by atoms with van der Waals surface area (Å²) in [5, 5.41) is 5.85. The second-order valence-electron chi connectivity index (χ2n) is 7.49. The summed E-state index contributed by atoms with van der Waals surface area (Å²) in [7, 11) is 1.66. The van der Waals surface area contributed by atoms with Crippen molar-refractivity contribution in [2.75, 3.05) is 45.2 Å². The number of halogens is 1. The quantitative estimate of drug-likeness (QED) is 0.607. The first-order chi connectivity index (χ1) is 15.1. The highest BCUT2D eigenvalue weighted by Gasteiger charge is 2.20. The molecule has 2 aromatic carbocycles. The van der Waals surface area contributed by atoms with Gasteiger partial charge in [-0.1, -0.05) is 18.2 Å². The molecule has 1 fully saturated rings. The predicted octanol–water partition coefficient (Wildman–Crippen LogP) is 3.71. The van der Waals surface area contributed by atoms with Gasteiger partial charge in [0, 0.05) is 49.4 Å². The number of hydrogen-bond donors (Lipinski definition) is 1. The standard InChI is InChI=1S/C23H25FN4O2S/c1-30-21-7-2-4-17(12-21)23-26-20(16-31-23)14-27-8-10-28(11-9-27)15-22(29)25-19-6-3-5-18(24)13-19/h2-7,12-13,16H,8-11,14-15H2,1H3,(H,25,29). The number of anilines is 1. The number of piperazine rings is 1. The third-order valence-corrected chi connectivity index (χ3v) is 6.13. The zero-order chi connectivity index (χ0) is 21.6. The molecule has 8 heteroatoms. The van der Waals surface area contributed by atoms with E-state index in [0.717, 1.165) is 54.7 Å². The van der Waals surface area contributed by atoms with Crippen LogP contribution in [0, 0.1) is 5.82 Å². The minimum Gasteiger partial charge on any atom is -0.497 e. The summed E-state index contributed by atoms with van der Waals surface area (Å²) < 4.78 is 18.6. The van der Waals surface area contributed by atoms with Gasteiger partial charge in [-0.3, -0.25) is 14.6 Å². The number of nitrogens with one attached hydrogen (secondary N) is 1. The van der Waals surface area contributed by atoms with E-state index >= 15 is 0 Å². The van der Waals surface area contributed by atoms with E-state index in [1.54, 1.807) is 30.6 Å². The summed E-state index contributed by atoms with van der Waals surface area (Å²) in [6.07, 6.45) is 0. The Morgan fingerprint density at radius 1 is 1.13 bits per heavy atom. The number of thiazole rings is 1. The third-order valence-electron chi connectivity index (χ3n) is 5.19. The summed E-state index contributed by atoms with van der Waals surface area (Å²) in [6, 6.07) is 13.9. The number of nitrogens with zero attached hydrogens (tertiary/aromatic N) is 3. The zero-order valence-corrected chi connectivity index (χ0v) is 18.2. The average Bonchev–Trinajstić information content (AvgIpc) is 3.24. The molecule has 3 aromatic rings. The number of carbonyl (C=O) groups is 1. The fraction of sp³-hybridized carbons (Fsp3) is 0.304.